The van der Waals surface area contributed by atoms with Crippen LogP contribution in [-0.2, 0) is 13.1 Å². The minimum Gasteiger partial charge on any atom is -0.391 e. The average molecular weight is 489 g/mol. The van der Waals surface area contributed by atoms with Crippen molar-refractivity contribution in [3.05, 3.63) is 60.4 Å². The van der Waals surface area contributed by atoms with Gasteiger partial charge in [0, 0.05) is 50.3 Å². The molecule has 1 saturated heterocycles. The molecule has 1 aliphatic heterocycles. The minimum atomic E-state index is -0.836. The number of hydrogen-bond donors (Lipinski definition) is 2. The first-order valence-electron chi connectivity index (χ1n) is 12.6. The number of rotatable bonds is 8. The summed E-state index contributed by atoms with van der Waals surface area (Å²) in [6, 6.07) is 6.16. The summed E-state index contributed by atoms with van der Waals surface area (Å²) in [5.41, 5.74) is 4.98. The summed E-state index contributed by atoms with van der Waals surface area (Å²) in [7, 11) is 0. The average Bonchev–Trinajstić information content (AvgIpc) is 3.57. The monoisotopic (exact) mass is 488 g/mol. The Bertz CT molecular complexity index is 1410. The van der Waals surface area contributed by atoms with Gasteiger partial charge in [-0.15, -0.1) is 5.10 Å². The van der Waals surface area contributed by atoms with Gasteiger partial charge in [-0.25, -0.2) is 14.1 Å². The molecule has 0 spiro atoms. The summed E-state index contributed by atoms with van der Waals surface area (Å²) in [6.45, 7) is 3.62. The number of fused-ring (bicyclic) bond motifs is 1. The second kappa shape index (κ2) is 8.07. The van der Waals surface area contributed by atoms with Gasteiger partial charge in [-0.05, 0) is 48.8 Å². The Balaban J connectivity index is 1.00. The number of nitrogens with one attached hydrogen (secondary N) is 1. The van der Waals surface area contributed by atoms with Crippen LogP contribution < -0.4 is 10.2 Å². The first kappa shape index (κ1) is 21.9. The number of hydrogen-bond acceptors (Lipinski definition) is 7. The Labute approximate surface area is 208 Å². The predicted molar refractivity (Wildman–Crippen MR) is 132 cm³/mol. The van der Waals surface area contributed by atoms with E-state index in [4.69, 9.17) is 4.98 Å². The molecule has 5 heterocycles. The Morgan fingerprint density at radius 2 is 2.03 bits per heavy atom. The van der Waals surface area contributed by atoms with E-state index in [1.54, 1.807) is 10.9 Å². The van der Waals surface area contributed by atoms with Crippen molar-refractivity contribution in [3.63, 3.8) is 0 Å². The Morgan fingerprint density at radius 3 is 2.83 bits per heavy atom. The number of anilines is 1. The van der Waals surface area contributed by atoms with E-state index in [1.807, 2.05) is 35.1 Å². The molecule has 2 bridgehead atoms. The van der Waals surface area contributed by atoms with Crippen LogP contribution in [0.15, 0.2) is 49.2 Å². The van der Waals surface area contributed by atoms with Crippen LogP contribution in [0.3, 0.4) is 0 Å². The van der Waals surface area contributed by atoms with Crippen molar-refractivity contribution in [3.8, 4) is 11.3 Å². The highest BCUT2D eigenvalue weighted by atomic mass is 19.1. The first-order chi connectivity index (χ1) is 17.4. The van der Waals surface area contributed by atoms with Gasteiger partial charge in [0.25, 0.3) is 0 Å². The number of nitrogens with zero attached hydrogens (tertiary/aromatic N) is 7. The molecular weight excluding hydrogens is 459 g/mol. The van der Waals surface area contributed by atoms with Gasteiger partial charge in [0.15, 0.2) is 0 Å². The van der Waals surface area contributed by atoms with Gasteiger partial charge in [0.05, 0.1) is 36.4 Å². The molecule has 1 atom stereocenters. The maximum Gasteiger partial charge on any atom is 0.137 e. The topological polar surface area (TPSA) is 96.4 Å². The fourth-order valence-corrected chi connectivity index (χ4v) is 6.18. The summed E-state index contributed by atoms with van der Waals surface area (Å²) < 4.78 is 17.5. The largest absolute Gasteiger partial charge is 0.391 e. The normalized spacial score (nSPS) is 26.8. The van der Waals surface area contributed by atoms with Gasteiger partial charge in [0.1, 0.15) is 17.0 Å². The summed E-state index contributed by atoms with van der Waals surface area (Å²) in [5, 5.41) is 22.0. The lowest BCUT2D eigenvalue weighted by atomic mass is 9.42. The van der Waals surface area contributed by atoms with E-state index in [2.05, 4.69) is 37.8 Å². The zero-order valence-electron chi connectivity index (χ0n) is 20.0. The number of aliphatic hydroxyl groups excluding tert-OH is 1. The number of alkyl halides is 1. The molecule has 186 valence electrons. The molecule has 4 aromatic heterocycles. The smallest absolute Gasteiger partial charge is 0.137 e. The molecule has 0 radical (unpaired) electrons. The third-order valence-corrected chi connectivity index (χ3v) is 7.88. The van der Waals surface area contributed by atoms with E-state index in [1.165, 1.54) is 5.56 Å². The van der Waals surface area contributed by atoms with E-state index < -0.39 is 5.67 Å². The van der Waals surface area contributed by atoms with Crippen LogP contribution in [0.4, 0.5) is 10.1 Å². The Hall–Kier alpha value is -3.37. The van der Waals surface area contributed by atoms with Crippen LogP contribution >= 0.6 is 0 Å². The fraction of sp³-hybridized carbons (Fsp3) is 0.462. The lowest BCUT2D eigenvalue weighted by molar-refractivity contribution is -0.209. The molecular formula is C26H29FN8O. The first-order valence-corrected chi connectivity index (χ1v) is 12.6. The highest BCUT2D eigenvalue weighted by Gasteiger charge is 2.68. The SMILES string of the molecule is OC1CCN(c2cncc(-c3cn(Cc4cn5cc(CNCC67CC(F)(C6)C7)ccc5n4)nn3)c2)C1. The molecule has 0 aromatic carbocycles. The maximum absolute atomic E-state index is 13.7. The van der Waals surface area contributed by atoms with Crippen LogP contribution in [0.1, 0.15) is 36.9 Å². The third kappa shape index (κ3) is 3.94. The van der Waals surface area contributed by atoms with Crippen molar-refractivity contribution < 1.29 is 9.50 Å². The number of halogens is 1. The summed E-state index contributed by atoms with van der Waals surface area (Å²) in [4.78, 5) is 11.2. The lowest BCUT2D eigenvalue weighted by Gasteiger charge is -2.66. The zero-order valence-corrected chi connectivity index (χ0v) is 20.0. The van der Waals surface area contributed by atoms with Gasteiger partial charge < -0.3 is 19.7 Å². The molecule has 0 amide bonds. The lowest BCUT2D eigenvalue weighted by Crippen LogP contribution is -2.67. The highest BCUT2D eigenvalue weighted by molar-refractivity contribution is 5.63. The van der Waals surface area contributed by atoms with Crippen molar-refractivity contribution in [1.29, 1.82) is 0 Å². The molecule has 9 nitrogen and oxygen atoms in total. The minimum absolute atomic E-state index is 0.214. The number of imidazole rings is 1. The Kier molecular flexibility index (Phi) is 4.91. The van der Waals surface area contributed by atoms with Crippen LogP contribution in [0, 0.1) is 5.41 Å². The van der Waals surface area contributed by atoms with Crippen molar-refractivity contribution in [2.45, 2.75) is 50.5 Å². The molecule has 36 heavy (non-hydrogen) atoms. The molecule has 8 rings (SSSR count). The molecule has 1 unspecified atom stereocenters. The molecule has 3 saturated carbocycles. The van der Waals surface area contributed by atoms with Gasteiger partial charge in [-0.2, -0.15) is 0 Å². The second-order valence-corrected chi connectivity index (χ2v) is 10.9. The predicted octanol–water partition coefficient (Wildman–Crippen LogP) is 2.59. The maximum atomic E-state index is 13.7. The standard InChI is InChI=1S/C26H29FN8O/c27-26-14-25(15-26,16-26)17-29-6-18-1-2-24-30-20(10-34(24)9-18)11-35-13-23(31-32-35)19-5-21(8-28-7-19)33-4-3-22(36)12-33/h1-2,5,7-10,13,22,29,36H,3-4,6,11-12,14-17H2. The van der Waals surface area contributed by atoms with Crippen molar-refractivity contribution in [1.82, 2.24) is 34.7 Å². The fourth-order valence-electron chi connectivity index (χ4n) is 6.18. The van der Waals surface area contributed by atoms with Crippen LogP contribution in [0.2, 0.25) is 0 Å². The van der Waals surface area contributed by atoms with Crippen molar-refractivity contribution >= 4 is 11.3 Å². The number of pyridine rings is 2. The second-order valence-electron chi connectivity index (χ2n) is 10.9. The van der Waals surface area contributed by atoms with E-state index in [0.29, 0.717) is 13.1 Å². The van der Waals surface area contributed by atoms with Gasteiger partial charge in [-0.3, -0.25) is 4.98 Å². The Morgan fingerprint density at radius 1 is 1.14 bits per heavy atom. The molecule has 4 aromatic rings. The number of aromatic nitrogens is 6. The highest BCUT2D eigenvalue weighted by Crippen LogP contribution is 2.69. The summed E-state index contributed by atoms with van der Waals surface area (Å²) in [5.74, 6) is 0. The quantitative estimate of drug-likeness (QED) is 0.394. The molecule has 3 aliphatic carbocycles. The third-order valence-electron chi connectivity index (χ3n) is 7.88. The number of aliphatic hydroxyl groups is 1. The van der Waals surface area contributed by atoms with Crippen molar-refractivity contribution in [2.75, 3.05) is 24.5 Å². The van der Waals surface area contributed by atoms with Gasteiger partial charge in [0.2, 0.25) is 0 Å². The zero-order chi connectivity index (χ0) is 24.3. The number of β-amino-alcohol motifs (C(OH)–C–C–N with tert-alkyl or cyclic N) is 1. The van der Waals surface area contributed by atoms with E-state index >= 15 is 0 Å². The molecule has 4 fully saturated rings. The molecule has 10 heteroatoms. The van der Waals surface area contributed by atoms with E-state index in [0.717, 1.165) is 73.6 Å². The van der Waals surface area contributed by atoms with Gasteiger partial charge in [-0.1, -0.05) is 11.3 Å². The van der Waals surface area contributed by atoms with E-state index in [-0.39, 0.29) is 11.5 Å². The van der Waals surface area contributed by atoms with Crippen LogP contribution in [0.25, 0.3) is 16.9 Å². The summed E-state index contributed by atoms with van der Waals surface area (Å²) in [6.07, 6.45) is 12.3. The van der Waals surface area contributed by atoms with Crippen LogP contribution in [-0.4, -0.2) is 65.9 Å². The summed E-state index contributed by atoms with van der Waals surface area (Å²) >= 11 is 0. The van der Waals surface area contributed by atoms with Crippen molar-refractivity contribution in [2.24, 2.45) is 5.41 Å². The molecule has 2 N–H and O–H groups in total. The van der Waals surface area contributed by atoms with Gasteiger partial charge >= 0.3 is 0 Å². The molecule has 4 aliphatic rings. The van der Waals surface area contributed by atoms with E-state index in [9.17, 15) is 9.50 Å². The van der Waals surface area contributed by atoms with Crippen LogP contribution in [0.5, 0.6) is 0 Å².